The summed E-state index contributed by atoms with van der Waals surface area (Å²) in [5, 5.41) is 3.74. The Balaban J connectivity index is 2.63. The van der Waals surface area contributed by atoms with E-state index in [1.807, 2.05) is 11.8 Å². The van der Waals surface area contributed by atoms with Gasteiger partial charge in [-0.25, -0.2) is 0 Å². The van der Waals surface area contributed by atoms with E-state index in [-0.39, 0.29) is 0 Å². The molecule has 17 heavy (non-hydrogen) atoms. The molecule has 1 saturated carbocycles. The number of hydrogen-bond donors (Lipinski definition) is 1. The van der Waals surface area contributed by atoms with Crippen molar-refractivity contribution in [1.82, 2.24) is 5.32 Å². The quantitative estimate of drug-likeness (QED) is 0.766. The van der Waals surface area contributed by atoms with Crippen LogP contribution in [0, 0.1) is 17.3 Å². The summed E-state index contributed by atoms with van der Waals surface area (Å²) in [5.41, 5.74) is 0.496. The highest BCUT2D eigenvalue weighted by Crippen LogP contribution is 2.42. The molecular formula is C15H31NS. The minimum atomic E-state index is 0.496. The van der Waals surface area contributed by atoms with E-state index in [2.05, 4.69) is 39.3 Å². The molecular weight excluding hydrogens is 226 g/mol. The largest absolute Gasteiger partial charge is 0.314 e. The minimum absolute atomic E-state index is 0.496. The Morgan fingerprint density at radius 3 is 2.59 bits per heavy atom. The van der Waals surface area contributed by atoms with E-state index in [4.69, 9.17) is 0 Å². The first-order chi connectivity index (χ1) is 8.01. The van der Waals surface area contributed by atoms with E-state index < -0.39 is 0 Å². The maximum Gasteiger partial charge on any atom is 0.0103 e. The lowest BCUT2D eigenvalue weighted by atomic mass is 9.65. The van der Waals surface area contributed by atoms with Gasteiger partial charge in [-0.1, -0.05) is 34.1 Å². The lowest BCUT2D eigenvalue weighted by Crippen LogP contribution is -2.46. The predicted molar refractivity (Wildman–Crippen MR) is 80.7 cm³/mol. The van der Waals surface area contributed by atoms with E-state index in [1.165, 1.54) is 31.4 Å². The van der Waals surface area contributed by atoms with Gasteiger partial charge in [0, 0.05) is 6.04 Å². The second kappa shape index (κ2) is 7.04. The van der Waals surface area contributed by atoms with E-state index in [9.17, 15) is 0 Å². The molecule has 2 heteroatoms. The Morgan fingerprint density at radius 1 is 1.29 bits per heavy atom. The Labute approximate surface area is 113 Å². The smallest absolute Gasteiger partial charge is 0.0103 e. The molecule has 0 aliphatic heterocycles. The molecule has 0 spiro atoms. The van der Waals surface area contributed by atoms with Gasteiger partial charge < -0.3 is 5.32 Å². The first kappa shape index (κ1) is 15.4. The summed E-state index contributed by atoms with van der Waals surface area (Å²) < 4.78 is 0. The van der Waals surface area contributed by atoms with Gasteiger partial charge in [0.2, 0.25) is 0 Å². The third-order valence-electron chi connectivity index (χ3n) is 4.53. The molecule has 0 amide bonds. The summed E-state index contributed by atoms with van der Waals surface area (Å²) >= 11 is 1.99. The van der Waals surface area contributed by atoms with Crippen LogP contribution >= 0.6 is 11.8 Å². The summed E-state index contributed by atoms with van der Waals surface area (Å²) in [5.74, 6) is 3.08. The molecule has 1 rings (SSSR count). The van der Waals surface area contributed by atoms with Gasteiger partial charge in [-0.15, -0.1) is 0 Å². The van der Waals surface area contributed by atoms with E-state index in [1.54, 1.807) is 0 Å². The fourth-order valence-corrected chi connectivity index (χ4v) is 4.08. The van der Waals surface area contributed by atoms with Crippen LogP contribution in [-0.2, 0) is 0 Å². The van der Waals surface area contributed by atoms with Gasteiger partial charge in [-0.3, -0.25) is 0 Å². The molecule has 0 heterocycles. The molecule has 0 aromatic rings. The van der Waals surface area contributed by atoms with Crippen LogP contribution in [0.3, 0.4) is 0 Å². The predicted octanol–water partition coefficient (Wildman–Crippen LogP) is 4.18. The van der Waals surface area contributed by atoms with Gasteiger partial charge in [-0.2, -0.15) is 11.8 Å². The van der Waals surface area contributed by atoms with Crippen molar-refractivity contribution in [3.63, 3.8) is 0 Å². The second-order valence-electron chi connectivity index (χ2n) is 6.42. The Hall–Kier alpha value is 0.310. The van der Waals surface area contributed by atoms with Crippen molar-refractivity contribution < 1.29 is 0 Å². The summed E-state index contributed by atoms with van der Waals surface area (Å²) in [4.78, 5) is 0. The number of nitrogens with one attached hydrogen (secondary N) is 1. The summed E-state index contributed by atoms with van der Waals surface area (Å²) in [6, 6.07) is 0.751. The molecule has 1 aliphatic rings. The first-order valence-electron chi connectivity index (χ1n) is 7.23. The zero-order valence-electron chi connectivity index (χ0n) is 12.4. The average Bonchev–Trinajstić information content (AvgIpc) is 2.27. The number of thioether (sulfide) groups is 1. The second-order valence-corrected chi connectivity index (χ2v) is 7.41. The minimum Gasteiger partial charge on any atom is -0.314 e. The van der Waals surface area contributed by atoms with Crippen LogP contribution < -0.4 is 5.32 Å². The lowest BCUT2D eigenvalue weighted by Gasteiger charge is -2.44. The van der Waals surface area contributed by atoms with Crippen LogP contribution in [0.15, 0.2) is 0 Å². The fourth-order valence-electron chi connectivity index (χ4n) is 3.35. The summed E-state index contributed by atoms with van der Waals surface area (Å²) in [6.07, 6.45) is 7.80. The fraction of sp³-hybridized carbons (Fsp3) is 1.00. The SMILES string of the molecule is CCNC1CC(C)CCC1C(C)(C)CCSC. The van der Waals surface area contributed by atoms with Crippen LogP contribution in [0.25, 0.3) is 0 Å². The van der Waals surface area contributed by atoms with E-state index in [0.717, 1.165) is 24.4 Å². The van der Waals surface area contributed by atoms with Gasteiger partial charge in [-0.05, 0) is 55.1 Å². The topological polar surface area (TPSA) is 12.0 Å². The molecule has 1 N–H and O–H groups in total. The van der Waals surface area contributed by atoms with Gasteiger partial charge in [0.1, 0.15) is 0 Å². The molecule has 0 aromatic carbocycles. The number of hydrogen-bond acceptors (Lipinski definition) is 2. The van der Waals surface area contributed by atoms with E-state index in [0.29, 0.717) is 5.41 Å². The molecule has 0 radical (unpaired) electrons. The monoisotopic (exact) mass is 257 g/mol. The van der Waals surface area contributed by atoms with Crippen molar-refractivity contribution in [1.29, 1.82) is 0 Å². The van der Waals surface area contributed by atoms with E-state index >= 15 is 0 Å². The van der Waals surface area contributed by atoms with Crippen LogP contribution in [0.1, 0.15) is 53.4 Å². The van der Waals surface area contributed by atoms with Gasteiger partial charge >= 0.3 is 0 Å². The van der Waals surface area contributed by atoms with Crippen molar-refractivity contribution >= 4 is 11.8 Å². The maximum atomic E-state index is 3.74. The van der Waals surface area contributed by atoms with Crippen molar-refractivity contribution in [2.45, 2.75) is 59.4 Å². The zero-order valence-corrected chi connectivity index (χ0v) is 13.2. The normalized spacial score (nSPS) is 30.5. The van der Waals surface area contributed by atoms with Crippen molar-refractivity contribution in [2.24, 2.45) is 17.3 Å². The highest BCUT2D eigenvalue weighted by molar-refractivity contribution is 7.98. The summed E-state index contributed by atoms with van der Waals surface area (Å²) in [6.45, 7) is 10.7. The van der Waals surface area contributed by atoms with Crippen LogP contribution in [0.5, 0.6) is 0 Å². The van der Waals surface area contributed by atoms with Gasteiger partial charge in [0.25, 0.3) is 0 Å². The Bertz CT molecular complexity index is 215. The third-order valence-corrected chi connectivity index (χ3v) is 5.15. The average molecular weight is 257 g/mol. The van der Waals surface area contributed by atoms with Crippen LogP contribution in [0.4, 0.5) is 0 Å². The van der Waals surface area contributed by atoms with Gasteiger partial charge in [0.05, 0.1) is 0 Å². The molecule has 3 atom stereocenters. The molecule has 102 valence electrons. The highest BCUT2D eigenvalue weighted by Gasteiger charge is 2.37. The maximum absolute atomic E-state index is 3.74. The number of rotatable bonds is 6. The standard InChI is InChI=1S/C15H31NS/c1-6-16-14-11-12(2)7-8-13(14)15(3,4)9-10-17-5/h12-14,16H,6-11H2,1-5H3. The molecule has 0 aromatic heterocycles. The van der Waals surface area contributed by atoms with Crippen molar-refractivity contribution in [2.75, 3.05) is 18.6 Å². The molecule has 1 nitrogen and oxygen atoms in total. The molecule has 3 unspecified atom stereocenters. The lowest BCUT2D eigenvalue weighted by molar-refractivity contribution is 0.0926. The molecule has 0 saturated heterocycles. The Kier molecular flexibility index (Phi) is 6.36. The molecule has 1 aliphatic carbocycles. The Morgan fingerprint density at radius 2 is 2.00 bits per heavy atom. The van der Waals surface area contributed by atoms with Crippen LogP contribution in [0.2, 0.25) is 0 Å². The molecule has 1 fully saturated rings. The van der Waals surface area contributed by atoms with Crippen molar-refractivity contribution in [3.8, 4) is 0 Å². The van der Waals surface area contributed by atoms with Crippen LogP contribution in [-0.4, -0.2) is 24.6 Å². The third kappa shape index (κ3) is 4.48. The van der Waals surface area contributed by atoms with Crippen molar-refractivity contribution in [3.05, 3.63) is 0 Å². The summed E-state index contributed by atoms with van der Waals surface area (Å²) in [7, 11) is 0. The first-order valence-corrected chi connectivity index (χ1v) is 8.63. The highest BCUT2D eigenvalue weighted by atomic mass is 32.2. The zero-order chi connectivity index (χ0) is 12.9. The van der Waals surface area contributed by atoms with Gasteiger partial charge in [0.15, 0.2) is 0 Å². The molecule has 0 bridgehead atoms.